The number of cyclic esters (lactones) is 2. The van der Waals surface area contributed by atoms with Gasteiger partial charge in [-0.3, -0.25) is 0 Å². The van der Waals surface area contributed by atoms with Gasteiger partial charge in [-0.1, -0.05) is 27.0 Å². The van der Waals surface area contributed by atoms with Gasteiger partial charge in [-0.05, 0) is 13.8 Å². The van der Waals surface area contributed by atoms with Crippen LogP contribution in [0.3, 0.4) is 0 Å². The van der Waals surface area contributed by atoms with Gasteiger partial charge in [0.1, 0.15) is 0 Å². The Kier molecular flexibility index (Phi) is 15.7. The highest BCUT2D eigenvalue weighted by Gasteiger charge is 2.13. The van der Waals surface area contributed by atoms with Gasteiger partial charge in [0.25, 0.3) is 0 Å². The van der Waals surface area contributed by atoms with Crippen molar-refractivity contribution in [2.45, 2.75) is 27.7 Å². The quantitative estimate of drug-likeness (QED) is 0.319. The van der Waals surface area contributed by atoms with E-state index < -0.39 is 23.9 Å². The molecule has 4 N–H and O–H groups in total. The number of hydrogen-bond acceptors (Lipinski definition) is 7. The topological polar surface area (TPSA) is 158 Å². The van der Waals surface area contributed by atoms with Crippen LogP contribution in [0.15, 0.2) is 36.5 Å². The highest BCUT2D eigenvalue weighted by atomic mass is 16.6. The van der Waals surface area contributed by atoms with E-state index in [0.29, 0.717) is 0 Å². The Labute approximate surface area is 151 Å². The molecule has 0 aromatic carbocycles. The first-order valence-corrected chi connectivity index (χ1v) is 7.13. The molecule has 9 nitrogen and oxygen atoms in total. The Morgan fingerprint density at radius 2 is 1.15 bits per heavy atom. The van der Waals surface area contributed by atoms with Crippen LogP contribution in [0, 0.1) is 5.41 Å². The third-order valence-corrected chi connectivity index (χ3v) is 2.14. The van der Waals surface area contributed by atoms with Gasteiger partial charge in [0.2, 0.25) is 0 Å². The number of aliphatic carboxylic acids is 2. The van der Waals surface area contributed by atoms with Crippen LogP contribution in [0.1, 0.15) is 27.7 Å². The molecule has 1 rings (SSSR count). The molecule has 0 aromatic rings. The molecule has 0 saturated carbocycles. The number of aliphatic hydroxyl groups is 2. The molecule has 1 aliphatic heterocycles. The molecule has 9 heteroatoms. The van der Waals surface area contributed by atoms with Crippen molar-refractivity contribution in [3.8, 4) is 0 Å². The van der Waals surface area contributed by atoms with E-state index in [4.69, 9.17) is 20.4 Å². The van der Waals surface area contributed by atoms with Crippen molar-refractivity contribution >= 4 is 23.9 Å². The highest BCUT2D eigenvalue weighted by Crippen LogP contribution is 2.10. The zero-order chi connectivity index (χ0) is 21.5. The fraction of sp³-hybridized carbons (Fsp3) is 0.412. The molecule has 0 radical (unpaired) electrons. The molecule has 0 fully saturated rings. The van der Waals surface area contributed by atoms with E-state index in [1.165, 1.54) is 13.8 Å². The Balaban J connectivity index is -0.000000272. The molecule has 0 saturated heterocycles. The summed E-state index contributed by atoms with van der Waals surface area (Å²) < 4.78 is 3.97. The predicted octanol–water partition coefficient (Wildman–Crippen LogP) is 0.917. The van der Waals surface area contributed by atoms with Gasteiger partial charge < -0.3 is 25.2 Å². The molecular formula is C17H26O9. The van der Waals surface area contributed by atoms with Gasteiger partial charge in [-0.15, -0.1) is 0 Å². The second-order valence-electron chi connectivity index (χ2n) is 5.72. The Morgan fingerprint density at radius 1 is 0.923 bits per heavy atom. The number of hydrogen-bond donors (Lipinski definition) is 4. The molecule has 148 valence electrons. The summed E-state index contributed by atoms with van der Waals surface area (Å²) in [5, 5.41) is 32.7. The van der Waals surface area contributed by atoms with Crippen molar-refractivity contribution in [1.82, 2.24) is 0 Å². The first-order valence-electron chi connectivity index (χ1n) is 7.13. The maximum atomic E-state index is 9.92. The number of carboxylic acid groups (broad SMARTS) is 2. The van der Waals surface area contributed by atoms with Crippen LogP contribution in [-0.2, 0) is 23.9 Å². The number of aliphatic hydroxyl groups excluding tert-OH is 2. The molecule has 0 spiro atoms. The number of carbonyl (C=O) groups is 4. The van der Waals surface area contributed by atoms with Crippen LogP contribution in [0.2, 0.25) is 0 Å². The van der Waals surface area contributed by atoms with E-state index in [2.05, 4.69) is 17.9 Å². The predicted molar refractivity (Wildman–Crippen MR) is 93.1 cm³/mol. The first kappa shape index (κ1) is 28.0. The Hall–Kier alpha value is -2.78. The lowest BCUT2D eigenvalue weighted by Crippen LogP contribution is -2.20. The highest BCUT2D eigenvalue weighted by molar-refractivity contribution is 6.04. The fourth-order valence-corrected chi connectivity index (χ4v) is 0.353. The summed E-state index contributed by atoms with van der Waals surface area (Å²) in [7, 11) is 0. The van der Waals surface area contributed by atoms with Crippen LogP contribution in [0.25, 0.3) is 0 Å². The lowest BCUT2D eigenvalue weighted by Gasteiger charge is -2.16. The summed E-state index contributed by atoms with van der Waals surface area (Å²) >= 11 is 0. The number of rotatable bonds is 4. The van der Waals surface area contributed by atoms with Gasteiger partial charge in [0, 0.05) is 28.7 Å². The zero-order valence-corrected chi connectivity index (χ0v) is 15.3. The van der Waals surface area contributed by atoms with E-state index in [1.807, 2.05) is 0 Å². The summed E-state index contributed by atoms with van der Waals surface area (Å²) in [5.74, 6) is -3.03. The Bertz CT molecular complexity index is 487. The molecule has 1 heterocycles. The largest absolute Gasteiger partial charge is 0.478 e. The maximum Gasteiger partial charge on any atom is 0.338 e. The van der Waals surface area contributed by atoms with Crippen molar-refractivity contribution in [2.24, 2.45) is 5.41 Å². The maximum absolute atomic E-state index is 9.92. The van der Waals surface area contributed by atoms with Gasteiger partial charge in [-0.2, -0.15) is 0 Å². The fourth-order valence-electron chi connectivity index (χ4n) is 0.353. The number of carboxylic acids is 2. The molecule has 0 amide bonds. The monoisotopic (exact) mass is 374 g/mol. The molecule has 0 aliphatic carbocycles. The Morgan fingerprint density at radius 3 is 1.19 bits per heavy atom. The van der Waals surface area contributed by atoms with Crippen LogP contribution in [-0.4, -0.2) is 57.5 Å². The van der Waals surface area contributed by atoms with Crippen molar-refractivity contribution < 1.29 is 44.3 Å². The second kappa shape index (κ2) is 14.6. The number of carbonyl (C=O) groups excluding carboxylic acids is 2. The molecule has 0 bridgehead atoms. The van der Waals surface area contributed by atoms with Crippen molar-refractivity contribution in [3.63, 3.8) is 0 Å². The summed E-state index contributed by atoms with van der Waals surface area (Å²) in [4.78, 5) is 39.0. The van der Waals surface area contributed by atoms with Gasteiger partial charge in [0.05, 0.1) is 13.2 Å². The van der Waals surface area contributed by atoms with Gasteiger partial charge in [-0.25, -0.2) is 19.2 Å². The van der Waals surface area contributed by atoms with E-state index in [1.54, 1.807) is 13.8 Å². The minimum atomic E-state index is -0.935. The minimum Gasteiger partial charge on any atom is -0.478 e. The summed E-state index contributed by atoms with van der Waals surface area (Å²) in [6.45, 7) is 12.9. The normalized spacial score (nSPS) is 11.5. The van der Waals surface area contributed by atoms with E-state index in [0.717, 1.165) is 12.2 Å². The third kappa shape index (κ3) is 21.2. The molecule has 26 heavy (non-hydrogen) atoms. The average molecular weight is 374 g/mol. The lowest BCUT2D eigenvalue weighted by atomic mass is 9.97. The van der Waals surface area contributed by atoms with Crippen molar-refractivity contribution in [1.29, 1.82) is 0 Å². The lowest BCUT2D eigenvalue weighted by molar-refractivity contribution is -0.150. The number of ether oxygens (including phenoxy) is 1. The standard InChI is InChI=1S/C5H12O2.C4H2O3.2C4H6O2/c1-5(2,3-6)4-7;5-3-1-2-4(6)7-3;2*1-3(2)4(5)6/h6-7H,3-4H2,1-2H3;1-2H;2*1H2,2H3,(H,5,6). The molecular weight excluding hydrogens is 348 g/mol. The molecule has 0 atom stereocenters. The molecule has 1 aliphatic rings. The first-order chi connectivity index (χ1) is 11.7. The summed E-state index contributed by atoms with van der Waals surface area (Å²) in [5.41, 5.74) is 0.0463. The van der Waals surface area contributed by atoms with Crippen LogP contribution in [0.5, 0.6) is 0 Å². The summed E-state index contributed by atoms with van der Waals surface area (Å²) in [6, 6.07) is 0. The average Bonchev–Trinajstić information content (AvgIpc) is 2.92. The summed E-state index contributed by atoms with van der Waals surface area (Å²) in [6.07, 6.45) is 2.17. The third-order valence-electron chi connectivity index (χ3n) is 2.14. The van der Waals surface area contributed by atoms with E-state index in [9.17, 15) is 19.2 Å². The molecule has 0 unspecified atom stereocenters. The van der Waals surface area contributed by atoms with E-state index >= 15 is 0 Å². The second-order valence-corrected chi connectivity index (χ2v) is 5.72. The van der Waals surface area contributed by atoms with Gasteiger partial charge >= 0.3 is 23.9 Å². The smallest absolute Gasteiger partial charge is 0.338 e. The zero-order valence-electron chi connectivity index (χ0n) is 15.3. The van der Waals surface area contributed by atoms with Crippen molar-refractivity contribution in [2.75, 3.05) is 13.2 Å². The molecule has 0 aromatic heterocycles. The van der Waals surface area contributed by atoms with Crippen LogP contribution < -0.4 is 0 Å². The van der Waals surface area contributed by atoms with E-state index in [-0.39, 0.29) is 29.8 Å². The van der Waals surface area contributed by atoms with Crippen molar-refractivity contribution in [3.05, 3.63) is 36.5 Å². The minimum absolute atomic E-state index is 0.0451. The van der Waals surface area contributed by atoms with Gasteiger partial charge in [0.15, 0.2) is 0 Å². The SMILES string of the molecule is C=C(C)C(=O)O.C=C(C)C(=O)O.CC(C)(CO)CO.O=C1C=CC(=O)O1. The van der Waals surface area contributed by atoms with Crippen LogP contribution in [0.4, 0.5) is 0 Å². The van der Waals surface area contributed by atoms with Crippen LogP contribution >= 0.6 is 0 Å². The number of esters is 2.